The Hall–Kier alpha value is -1.14. The van der Waals surface area contributed by atoms with E-state index in [0.29, 0.717) is 23.7 Å². The van der Waals surface area contributed by atoms with Crippen molar-refractivity contribution in [2.24, 2.45) is 23.7 Å². The summed E-state index contributed by atoms with van der Waals surface area (Å²) in [6, 6.07) is 1.43. The molecule has 6 heteroatoms. The van der Waals surface area contributed by atoms with Gasteiger partial charge in [-0.15, -0.1) is 0 Å². The van der Waals surface area contributed by atoms with Gasteiger partial charge in [0.1, 0.15) is 0 Å². The SMILES string of the molecule is C[C@H]1CN(C(=O)C2CC2)C2CC(C3CNN(C4CC4)C3)CCC2N1C(=O)C1CC1. The number of fused-ring (bicyclic) bond motifs is 1. The summed E-state index contributed by atoms with van der Waals surface area (Å²) in [6.07, 6.45) is 10.3. The summed E-state index contributed by atoms with van der Waals surface area (Å²) in [4.78, 5) is 30.7. The second kappa shape index (κ2) is 6.94. The number of nitrogens with zero attached hydrogens (tertiary/aromatic N) is 3. The number of piperazine rings is 1. The Morgan fingerprint density at radius 1 is 0.793 bits per heavy atom. The van der Waals surface area contributed by atoms with Gasteiger partial charge in [-0.3, -0.25) is 15.0 Å². The van der Waals surface area contributed by atoms with E-state index in [4.69, 9.17) is 0 Å². The van der Waals surface area contributed by atoms with Crippen molar-refractivity contribution in [2.75, 3.05) is 19.6 Å². The molecule has 2 aliphatic heterocycles. The van der Waals surface area contributed by atoms with Gasteiger partial charge in [0.25, 0.3) is 0 Å². The summed E-state index contributed by atoms with van der Waals surface area (Å²) < 4.78 is 0. The highest BCUT2D eigenvalue weighted by molar-refractivity contribution is 5.84. The van der Waals surface area contributed by atoms with Gasteiger partial charge in [-0.25, -0.2) is 5.01 Å². The molecular formula is C23H36N4O2. The fraction of sp³-hybridized carbons (Fsp3) is 0.913. The quantitative estimate of drug-likeness (QED) is 0.784. The highest BCUT2D eigenvalue weighted by Gasteiger charge is 2.52. The monoisotopic (exact) mass is 400 g/mol. The Morgan fingerprint density at radius 2 is 1.52 bits per heavy atom. The molecule has 5 atom stereocenters. The van der Waals surface area contributed by atoms with Gasteiger partial charge < -0.3 is 9.80 Å². The van der Waals surface area contributed by atoms with Gasteiger partial charge in [-0.2, -0.15) is 0 Å². The lowest BCUT2D eigenvalue weighted by Crippen LogP contribution is -2.67. The van der Waals surface area contributed by atoms with Gasteiger partial charge >= 0.3 is 0 Å². The van der Waals surface area contributed by atoms with Gasteiger partial charge in [0.15, 0.2) is 0 Å². The number of amides is 2. The number of carbonyl (C=O) groups excluding carboxylic acids is 2. The summed E-state index contributed by atoms with van der Waals surface area (Å²) in [5.74, 6) is 2.68. The van der Waals surface area contributed by atoms with E-state index in [2.05, 4.69) is 27.2 Å². The minimum Gasteiger partial charge on any atom is -0.335 e. The molecule has 4 aliphatic carbocycles. The Balaban J connectivity index is 1.21. The van der Waals surface area contributed by atoms with E-state index in [-0.39, 0.29) is 30.0 Å². The van der Waals surface area contributed by atoms with Crippen molar-refractivity contribution in [2.45, 2.75) is 88.9 Å². The fourth-order valence-electron chi connectivity index (χ4n) is 6.42. The smallest absolute Gasteiger partial charge is 0.226 e. The minimum atomic E-state index is 0.169. The van der Waals surface area contributed by atoms with Gasteiger partial charge in [0.05, 0.1) is 12.1 Å². The highest BCUT2D eigenvalue weighted by atomic mass is 16.2. The van der Waals surface area contributed by atoms with Crippen LogP contribution in [0.25, 0.3) is 0 Å². The van der Waals surface area contributed by atoms with Crippen LogP contribution in [0.3, 0.4) is 0 Å². The first-order chi connectivity index (χ1) is 14.1. The molecule has 2 amide bonds. The topological polar surface area (TPSA) is 55.9 Å². The lowest BCUT2D eigenvalue weighted by molar-refractivity contribution is -0.157. The van der Waals surface area contributed by atoms with Crippen LogP contribution in [0.1, 0.15) is 64.7 Å². The van der Waals surface area contributed by atoms with Gasteiger partial charge in [0, 0.05) is 43.6 Å². The molecule has 0 spiro atoms. The first-order valence-electron chi connectivity index (χ1n) is 12.2. The third-order valence-electron chi connectivity index (χ3n) is 8.55. The third kappa shape index (κ3) is 3.40. The lowest BCUT2D eigenvalue weighted by Gasteiger charge is -2.55. The molecule has 6 nitrogen and oxygen atoms in total. The van der Waals surface area contributed by atoms with E-state index in [1.54, 1.807) is 0 Å². The number of rotatable bonds is 4. The molecule has 6 rings (SSSR count). The fourth-order valence-corrected chi connectivity index (χ4v) is 6.42. The molecule has 6 fully saturated rings. The Labute approximate surface area is 174 Å². The summed E-state index contributed by atoms with van der Waals surface area (Å²) in [6.45, 7) is 5.18. The maximum atomic E-state index is 13.2. The molecule has 0 aromatic carbocycles. The molecular weight excluding hydrogens is 364 g/mol. The van der Waals surface area contributed by atoms with Crippen LogP contribution >= 0.6 is 0 Å². The third-order valence-corrected chi connectivity index (χ3v) is 8.55. The lowest BCUT2D eigenvalue weighted by atomic mass is 9.73. The van der Waals surface area contributed by atoms with E-state index < -0.39 is 0 Å². The summed E-state index contributed by atoms with van der Waals surface area (Å²) in [5.41, 5.74) is 3.65. The maximum absolute atomic E-state index is 13.2. The normalized spacial score (nSPS) is 40.8. The maximum Gasteiger partial charge on any atom is 0.226 e. The largest absolute Gasteiger partial charge is 0.335 e. The van der Waals surface area contributed by atoms with Crippen LogP contribution < -0.4 is 5.43 Å². The first kappa shape index (κ1) is 18.6. The van der Waals surface area contributed by atoms with E-state index in [1.165, 1.54) is 25.8 Å². The average Bonchev–Trinajstić information content (AvgIpc) is 3.59. The average molecular weight is 401 g/mol. The van der Waals surface area contributed by atoms with Crippen molar-refractivity contribution in [3.05, 3.63) is 0 Å². The molecule has 2 saturated heterocycles. The number of carbonyl (C=O) groups is 2. The van der Waals surface area contributed by atoms with E-state index in [9.17, 15) is 9.59 Å². The molecule has 0 aromatic heterocycles. The Morgan fingerprint density at radius 3 is 2.21 bits per heavy atom. The van der Waals surface area contributed by atoms with Crippen LogP contribution in [0.4, 0.5) is 0 Å². The van der Waals surface area contributed by atoms with Crippen molar-refractivity contribution >= 4 is 11.8 Å². The van der Waals surface area contributed by atoms with Crippen LogP contribution in [0.15, 0.2) is 0 Å². The van der Waals surface area contributed by atoms with E-state index >= 15 is 0 Å². The molecule has 0 bridgehead atoms. The second-order valence-corrected chi connectivity index (χ2v) is 10.8. The highest BCUT2D eigenvalue weighted by Crippen LogP contribution is 2.44. The standard InChI is InChI=1S/C23H36N4O2/c1-14-12-25(22(28)15-2-3-15)21-10-17(18-11-24-26(13-18)19-7-8-19)6-9-20(21)27(14)23(29)16-4-5-16/h14-21,24H,2-13H2,1H3/t14-,17?,18?,20?,21?/m0/s1. The molecule has 1 N–H and O–H groups in total. The molecule has 2 heterocycles. The van der Waals surface area contributed by atoms with Crippen LogP contribution in [0.5, 0.6) is 0 Å². The van der Waals surface area contributed by atoms with Crippen LogP contribution in [-0.4, -0.2) is 70.4 Å². The second-order valence-electron chi connectivity index (χ2n) is 10.8. The zero-order valence-electron chi connectivity index (χ0n) is 17.8. The van der Waals surface area contributed by atoms with Crippen LogP contribution in [-0.2, 0) is 9.59 Å². The van der Waals surface area contributed by atoms with Crippen molar-refractivity contribution < 1.29 is 9.59 Å². The number of nitrogens with one attached hydrogen (secondary N) is 1. The Kier molecular flexibility index (Phi) is 4.46. The summed E-state index contributed by atoms with van der Waals surface area (Å²) in [5, 5.41) is 2.48. The van der Waals surface area contributed by atoms with Gasteiger partial charge in [0.2, 0.25) is 11.8 Å². The number of hydrazine groups is 1. The molecule has 4 unspecified atom stereocenters. The van der Waals surface area contributed by atoms with E-state index in [1.807, 2.05) is 0 Å². The number of hydrogen-bond donors (Lipinski definition) is 1. The predicted molar refractivity (Wildman–Crippen MR) is 110 cm³/mol. The zero-order valence-corrected chi connectivity index (χ0v) is 17.8. The predicted octanol–water partition coefficient (Wildman–Crippen LogP) is 2.00. The molecule has 4 saturated carbocycles. The van der Waals surface area contributed by atoms with Crippen molar-refractivity contribution in [3.63, 3.8) is 0 Å². The van der Waals surface area contributed by atoms with E-state index in [0.717, 1.165) is 57.7 Å². The Bertz CT molecular complexity index is 686. The summed E-state index contributed by atoms with van der Waals surface area (Å²) >= 11 is 0. The van der Waals surface area contributed by atoms with Crippen molar-refractivity contribution in [1.29, 1.82) is 0 Å². The summed E-state index contributed by atoms with van der Waals surface area (Å²) in [7, 11) is 0. The molecule has 160 valence electrons. The van der Waals surface area contributed by atoms with Crippen molar-refractivity contribution in [3.8, 4) is 0 Å². The van der Waals surface area contributed by atoms with Crippen LogP contribution in [0.2, 0.25) is 0 Å². The molecule has 6 aliphatic rings. The zero-order chi connectivity index (χ0) is 19.7. The van der Waals surface area contributed by atoms with Crippen molar-refractivity contribution in [1.82, 2.24) is 20.2 Å². The molecule has 0 radical (unpaired) electrons. The first-order valence-corrected chi connectivity index (χ1v) is 12.2. The molecule has 29 heavy (non-hydrogen) atoms. The van der Waals surface area contributed by atoms with Crippen LogP contribution in [0, 0.1) is 23.7 Å². The van der Waals surface area contributed by atoms with Gasteiger partial charge in [-0.05, 0) is 76.5 Å². The number of hydrogen-bond acceptors (Lipinski definition) is 4. The minimum absolute atomic E-state index is 0.169. The molecule has 0 aromatic rings. The van der Waals surface area contributed by atoms with Gasteiger partial charge in [-0.1, -0.05) is 0 Å².